The van der Waals surface area contributed by atoms with Gasteiger partial charge in [-0.3, -0.25) is 4.68 Å². The van der Waals surface area contributed by atoms with Gasteiger partial charge in [-0.2, -0.15) is 5.10 Å². The van der Waals surface area contributed by atoms with Crippen molar-refractivity contribution in [2.75, 3.05) is 0 Å². The van der Waals surface area contributed by atoms with E-state index in [9.17, 15) is 9.50 Å². The smallest absolute Gasteiger partial charge is 0.123 e. The molecule has 0 aliphatic carbocycles. The largest absolute Gasteiger partial charge is 0.508 e. The molecule has 0 spiro atoms. The number of halogens is 1. The summed E-state index contributed by atoms with van der Waals surface area (Å²) in [4.78, 5) is 0. The molecule has 1 aromatic heterocycles. The number of nitrogens with one attached hydrogen (secondary N) is 1. The molecule has 0 amide bonds. The van der Waals surface area contributed by atoms with Gasteiger partial charge in [0.25, 0.3) is 0 Å². The van der Waals surface area contributed by atoms with Crippen LogP contribution in [-0.4, -0.2) is 14.9 Å². The summed E-state index contributed by atoms with van der Waals surface area (Å²) < 4.78 is 14.8. The quantitative estimate of drug-likeness (QED) is 0.872. The molecule has 2 rings (SSSR count). The monoisotopic (exact) mass is 249 g/mol. The topological polar surface area (TPSA) is 50.1 Å². The normalized spacial score (nSPS) is 12.6. The van der Waals surface area contributed by atoms with Crippen molar-refractivity contribution >= 4 is 0 Å². The molecular formula is C13H16FN3O. The predicted octanol–water partition coefficient (Wildman–Crippen LogP) is 2.12. The Morgan fingerprint density at radius 3 is 2.89 bits per heavy atom. The number of hydrogen-bond acceptors (Lipinski definition) is 3. The van der Waals surface area contributed by atoms with E-state index in [4.69, 9.17) is 0 Å². The van der Waals surface area contributed by atoms with Crippen molar-refractivity contribution in [3.63, 3.8) is 0 Å². The van der Waals surface area contributed by atoms with Gasteiger partial charge in [-0.1, -0.05) is 0 Å². The Labute approximate surface area is 105 Å². The second-order valence-corrected chi connectivity index (χ2v) is 4.29. The van der Waals surface area contributed by atoms with Crippen molar-refractivity contribution in [2.24, 2.45) is 7.05 Å². The molecule has 18 heavy (non-hydrogen) atoms. The predicted molar refractivity (Wildman–Crippen MR) is 66.5 cm³/mol. The van der Waals surface area contributed by atoms with Gasteiger partial charge in [0, 0.05) is 31.4 Å². The minimum absolute atomic E-state index is 0.0948. The summed E-state index contributed by atoms with van der Waals surface area (Å²) in [6, 6.07) is 5.70. The number of nitrogens with zero attached hydrogens (tertiary/aromatic N) is 2. The maximum absolute atomic E-state index is 13.1. The fourth-order valence-corrected chi connectivity index (χ4v) is 1.80. The first-order valence-corrected chi connectivity index (χ1v) is 5.76. The number of hydrogen-bond donors (Lipinski definition) is 2. The van der Waals surface area contributed by atoms with Gasteiger partial charge < -0.3 is 10.4 Å². The number of benzene rings is 1. The summed E-state index contributed by atoms with van der Waals surface area (Å²) >= 11 is 0. The third kappa shape index (κ3) is 2.87. The Morgan fingerprint density at radius 1 is 1.44 bits per heavy atom. The van der Waals surface area contributed by atoms with E-state index >= 15 is 0 Å². The number of phenolic OH excluding ortho intramolecular Hbond substituents is 1. The van der Waals surface area contributed by atoms with Gasteiger partial charge >= 0.3 is 0 Å². The minimum Gasteiger partial charge on any atom is -0.508 e. The number of rotatable bonds is 4. The second-order valence-electron chi connectivity index (χ2n) is 4.29. The van der Waals surface area contributed by atoms with E-state index in [2.05, 4.69) is 10.4 Å². The summed E-state index contributed by atoms with van der Waals surface area (Å²) in [6.07, 6.45) is 1.86. The van der Waals surface area contributed by atoms with Gasteiger partial charge in [-0.05, 0) is 31.2 Å². The minimum atomic E-state index is -0.353. The molecule has 5 heteroatoms. The standard InChI is InChI=1S/C13H16FN3O/c1-9(12-7-10(14)3-4-13(12)18)15-8-11-5-6-17(2)16-11/h3-7,9,15,18H,8H2,1-2H3. The lowest BCUT2D eigenvalue weighted by Gasteiger charge is -2.14. The molecule has 0 radical (unpaired) electrons. The molecule has 0 aliphatic heterocycles. The first-order valence-electron chi connectivity index (χ1n) is 5.76. The zero-order chi connectivity index (χ0) is 13.1. The van der Waals surface area contributed by atoms with Crippen LogP contribution in [0.2, 0.25) is 0 Å². The zero-order valence-corrected chi connectivity index (χ0v) is 10.4. The molecule has 1 aromatic carbocycles. The van der Waals surface area contributed by atoms with Crippen LogP contribution in [0.1, 0.15) is 24.2 Å². The summed E-state index contributed by atoms with van der Waals surface area (Å²) in [5.74, 6) is -0.258. The van der Waals surface area contributed by atoms with Crippen LogP contribution in [0.25, 0.3) is 0 Å². The van der Waals surface area contributed by atoms with E-state index < -0.39 is 0 Å². The van der Waals surface area contributed by atoms with Crippen LogP contribution in [-0.2, 0) is 13.6 Å². The van der Waals surface area contributed by atoms with Crippen molar-refractivity contribution in [2.45, 2.75) is 19.5 Å². The van der Waals surface area contributed by atoms with E-state index in [1.807, 2.05) is 26.2 Å². The first-order chi connectivity index (χ1) is 8.56. The number of phenols is 1. The summed E-state index contributed by atoms with van der Waals surface area (Å²) in [6.45, 7) is 2.44. The fourth-order valence-electron chi connectivity index (χ4n) is 1.80. The van der Waals surface area contributed by atoms with Crippen molar-refractivity contribution in [1.82, 2.24) is 15.1 Å². The number of aromatic hydroxyl groups is 1. The third-order valence-corrected chi connectivity index (χ3v) is 2.81. The Balaban J connectivity index is 2.03. The first kappa shape index (κ1) is 12.6. The van der Waals surface area contributed by atoms with E-state index in [1.165, 1.54) is 18.2 Å². The molecule has 0 fully saturated rings. The Bertz CT molecular complexity index is 539. The highest BCUT2D eigenvalue weighted by Crippen LogP contribution is 2.24. The van der Waals surface area contributed by atoms with Crippen LogP contribution in [0, 0.1) is 5.82 Å². The van der Waals surface area contributed by atoms with Crippen molar-refractivity contribution in [3.8, 4) is 5.75 Å². The Morgan fingerprint density at radius 2 is 2.22 bits per heavy atom. The van der Waals surface area contributed by atoms with E-state index in [-0.39, 0.29) is 17.6 Å². The molecule has 2 aromatic rings. The molecule has 2 N–H and O–H groups in total. The van der Waals surface area contributed by atoms with Gasteiger partial charge in [-0.15, -0.1) is 0 Å². The third-order valence-electron chi connectivity index (χ3n) is 2.81. The highest BCUT2D eigenvalue weighted by molar-refractivity contribution is 5.34. The molecule has 1 unspecified atom stereocenters. The highest BCUT2D eigenvalue weighted by atomic mass is 19.1. The van der Waals surface area contributed by atoms with Crippen LogP contribution >= 0.6 is 0 Å². The number of aromatic nitrogens is 2. The molecule has 1 heterocycles. The van der Waals surface area contributed by atoms with Gasteiger partial charge in [-0.25, -0.2) is 4.39 Å². The summed E-state index contributed by atoms with van der Waals surface area (Å²) in [5, 5.41) is 17.1. The molecule has 4 nitrogen and oxygen atoms in total. The van der Waals surface area contributed by atoms with Gasteiger partial charge in [0.05, 0.1) is 5.69 Å². The van der Waals surface area contributed by atoms with Crippen LogP contribution < -0.4 is 5.32 Å². The second kappa shape index (κ2) is 5.18. The molecular weight excluding hydrogens is 233 g/mol. The Hall–Kier alpha value is -1.88. The highest BCUT2D eigenvalue weighted by Gasteiger charge is 2.11. The molecule has 0 saturated heterocycles. The van der Waals surface area contributed by atoms with Gasteiger partial charge in [0.1, 0.15) is 11.6 Å². The van der Waals surface area contributed by atoms with Crippen molar-refractivity contribution in [1.29, 1.82) is 0 Å². The zero-order valence-electron chi connectivity index (χ0n) is 10.4. The Kier molecular flexibility index (Phi) is 3.62. The SMILES string of the molecule is CC(NCc1ccn(C)n1)c1cc(F)ccc1O. The van der Waals surface area contributed by atoms with Crippen molar-refractivity contribution in [3.05, 3.63) is 47.5 Å². The summed E-state index contributed by atoms with van der Waals surface area (Å²) in [5.41, 5.74) is 1.45. The van der Waals surface area contributed by atoms with Crippen LogP contribution in [0.15, 0.2) is 30.5 Å². The number of aryl methyl sites for hydroxylation is 1. The van der Waals surface area contributed by atoms with Gasteiger partial charge in [0.15, 0.2) is 0 Å². The lowest BCUT2D eigenvalue weighted by Crippen LogP contribution is -2.18. The average molecular weight is 249 g/mol. The fraction of sp³-hybridized carbons (Fsp3) is 0.308. The molecule has 0 aliphatic rings. The van der Waals surface area contributed by atoms with Crippen LogP contribution in [0.3, 0.4) is 0 Å². The molecule has 0 bridgehead atoms. The van der Waals surface area contributed by atoms with Crippen molar-refractivity contribution < 1.29 is 9.50 Å². The summed E-state index contributed by atoms with van der Waals surface area (Å²) in [7, 11) is 1.85. The molecule has 1 atom stereocenters. The van der Waals surface area contributed by atoms with E-state index in [0.29, 0.717) is 12.1 Å². The van der Waals surface area contributed by atoms with E-state index in [1.54, 1.807) is 4.68 Å². The van der Waals surface area contributed by atoms with Gasteiger partial charge in [0.2, 0.25) is 0 Å². The maximum Gasteiger partial charge on any atom is 0.123 e. The lowest BCUT2D eigenvalue weighted by molar-refractivity contribution is 0.448. The lowest BCUT2D eigenvalue weighted by atomic mass is 10.1. The van der Waals surface area contributed by atoms with E-state index in [0.717, 1.165) is 5.69 Å². The van der Waals surface area contributed by atoms with Crippen LogP contribution in [0.4, 0.5) is 4.39 Å². The van der Waals surface area contributed by atoms with Crippen LogP contribution in [0.5, 0.6) is 5.75 Å². The molecule has 96 valence electrons. The molecule has 0 saturated carbocycles. The maximum atomic E-state index is 13.1. The average Bonchev–Trinajstić information content (AvgIpc) is 2.75.